The van der Waals surface area contributed by atoms with E-state index in [1.54, 1.807) is 0 Å². The first-order valence-corrected chi connectivity index (χ1v) is 9.26. The van der Waals surface area contributed by atoms with E-state index >= 15 is 0 Å². The molecule has 0 fully saturated rings. The number of aromatic hydroxyl groups is 2. The molecule has 0 aliphatic rings. The van der Waals surface area contributed by atoms with Crippen molar-refractivity contribution in [1.29, 1.82) is 0 Å². The number of carboxylic acids is 1. The summed E-state index contributed by atoms with van der Waals surface area (Å²) in [7, 11) is 0. The molecule has 0 unspecified atom stereocenters. The minimum Gasteiger partial charge on any atom is -0.508 e. The molecule has 0 aromatic heterocycles. The topological polar surface area (TPSA) is 77.8 Å². The summed E-state index contributed by atoms with van der Waals surface area (Å²) in [5.74, 6) is -0.318. The first-order chi connectivity index (χ1) is 11.6. The normalized spacial score (nSPS) is 10.0. The van der Waals surface area contributed by atoms with E-state index in [9.17, 15) is 4.79 Å². The third-order valence-electron chi connectivity index (χ3n) is 3.84. The summed E-state index contributed by atoms with van der Waals surface area (Å²) in [4.78, 5) is 10.3. The van der Waals surface area contributed by atoms with Gasteiger partial charge in [-0.1, -0.05) is 71.1 Å². The van der Waals surface area contributed by atoms with Crippen molar-refractivity contribution >= 4 is 5.97 Å². The fourth-order valence-corrected chi connectivity index (χ4v) is 2.39. The van der Waals surface area contributed by atoms with Crippen molar-refractivity contribution in [2.45, 2.75) is 84.0 Å². The number of phenolic OH excluding ortho intramolecular Hbond substituents is 2. The number of phenols is 2. The van der Waals surface area contributed by atoms with Crippen LogP contribution >= 0.6 is 0 Å². The van der Waals surface area contributed by atoms with Gasteiger partial charge in [-0.2, -0.15) is 0 Å². The highest BCUT2D eigenvalue weighted by atomic mass is 16.4. The zero-order valence-electron chi connectivity index (χ0n) is 15.0. The summed E-state index contributed by atoms with van der Waals surface area (Å²) in [6.45, 7) is 2.25. The van der Waals surface area contributed by atoms with Gasteiger partial charge in [0.15, 0.2) is 0 Å². The number of carboxylic acid groups (broad SMARTS) is 1. The Morgan fingerprint density at radius 2 is 1.04 bits per heavy atom. The van der Waals surface area contributed by atoms with E-state index in [0.29, 0.717) is 6.42 Å². The maximum atomic E-state index is 10.3. The van der Waals surface area contributed by atoms with Crippen molar-refractivity contribution in [2.75, 3.05) is 0 Å². The average molecular weight is 338 g/mol. The lowest BCUT2D eigenvalue weighted by Crippen LogP contribution is -1.93. The number of rotatable bonds is 12. The van der Waals surface area contributed by atoms with E-state index < -0.39 is 5.97 Å². The Kier molecular flexibility index (Phi) is 15.0. The lowest BCUT2D eigenvalue weighted by Gasteiger charge is -2.01. The molecule has 0 aliphatic carbocycles. The number of benzene rings is 1. The van der Waals surface area contributed by atoms with E-state index in [0.717, 1.165) is 12.8 Å². The summed E-state index contributed by atoms with van der Waals surface area (Å²) < 4.78 is 0. The minimum absolute atomic E-state index is 0.169. The molecule has 0 bridgehead atoms. The van der Waals surface area contributed by atoms with Crippen molar-refractivity contribution in [3.05, 3.63) is 24.3 Å². The fraction of sp³-hybridized carbons (Fsp3) is 0.650. The summed E-state index contributed by atoms with van der Waals surface area (Å²) in [6.07, 6.45) is 14.4. The van der Waals surface area contributed by atoms with Gasteiger partial charge in [0, 0.05) is 6.42 Å². The van der Waals surface area contributed by atoms with Gasteiger partial charge in [-0.15, -0.1) is 0 Å². The molecule has 0 atom stereocenters. The molecule has 24 heavy (non-hydrogen) atoms. The number of aliphatic carboxylic acids is 1. The highest BCUT2D eigenvalue weighted by Gasteiger charge is 1.96. The van der Waals surface area contributed by atoms with Gasteiger partial charge in [0.05, 0.1) is 0 Å². The van der Waals surface area contributed by atoms with E-state index in [1.165, 1.54) is 82.1 Å². The maximum Gasteiger partial charge on any atom is 0.303 e. The van der Waals surface area contributed by atoms with Gasteiger partial charge in [-0.3, -0.25) is 4.79 Å². The van der Waals surface area contributed by atoms with E-state index in [-0.39, 0.29) is 11.5 Å². The van der Waals surface area contributed by atoms with Crippen LogP contribution in [0.1, 0.15) is 84.0 Å². The smallest absolute Gasteiger partial charge is 0.303 e. The van der Waals surface area contributed by atoms with Crippen molar-refractivity contribution in [3.63, 3.8) is 0 Å². The third kappa shape index (κ3) is 16.7. The highest BCUT2D eigenvalue weighted by Crippen LogP contribution is 2.13. The van der Waals surface area contributed by atoms with Crippen molar-refractivity contribution in [2.24, 2.45) is 0 Å². The maximum absolute atomic E-state index is 10.3. The van der Waals surface area contributed by atoms with Crippen LogP contribution in [0.3, 0.4) is 0 Å². The van der Waals surface area contributed by atoms with E-state index in [2.05, 4.69) is 6.92 Å². The van der Waals surface area contributed by atoms with Gasteiger partial charge in [0.25, 0.3) is 0 Å². The molecule has 0 spiro atoms. The summed E-state index contributed by atoms with van der Waals surface area (Å²) in [5.41, 5.74) is 0. The van der Waals surface area contributed by atoms with Crippen LogP contribution in [0, 0.1) is 0 Å². The lowest BCUT2D eigenvalue weighted by atomic mass is 10.1. The van der Waals surface area contributed by atoms with Crippen LogP contribution < -0.4 is 0 Å². The van der Waals surface area contributed by atoms with Crippen LogP contribution in [-0.2, 0) is 4.79 Å². The summed E-state index contributed by atoms with van der Waals surface area (Å²) >= 11 is 0. The van der Waals surface area contributed by atoms with Gasteiger partial charge >= 0.3 is 5.97 Å². The van der Waals surface area contributed by atoms with E-state index in [1.807, 2.05) is 0 Å². The predicted molar refractivity (Wildman–Crippen MR) is 98.5 cm³/mol. The minimum atomic E-state index is -0.657. The summed E-state index contributed by atoms with van der Waals surface area (Å²) in [5, 5.41) is 25.7. The Hall–Kier alpha value is -1.71. The van der Waals surface area contributed by atoms with Gasteiger partial charge in [-0.05, 0) is 30.7 Å². The molecule has 138 valence electrons. The molecular formula is C20H34O4. The molecule has 1 aromatic carbocycles. The van der Waals surface area contributed by atoms with Gasteiger partial charge in [0.1, 0.15) is 11.5 Å². The fourth-order valence-electron chi connectivity index (χ4n) is 2.39. The zero-order chi connectivity index (χ0) is 18.0. The van der Waals surface area contributed by atoms with Crippen LogP contribution in [-0.4, -0.2) is 21.3 Å². The second kappa shape index (κ2) is 16.2. The molecule has 0 saturated heterocycles. The van der Waals surface area contributed by atoms with Crippen LogP contribution in [0.2, 0.25) is 0 Å². The molecule has 3 N–H and O–H groups in total. The Labute approximate surface area is 146 Å². The molecule has 4 heteroatoms. The zero-order valence-corrected chi connectivity index (χ0v) is 15.0. The first-order valence-electron chi connectivity index (χ1n) is 9.26. The molecule has 0 aliphatic heterocycles. The molecule has 1 rings (SSSR count). The molecule has 1 aromatic rings. The number of hydrogen-bond donors (Lipinski definition) is 3. The van der Waals surface area contributed by atoms with E-state index in [4.69, 9.17) is 15.3 Å². The molecule has 0 amide bonds. The standard InChI is InChI=1S/C14H28O2.C6H6O2/c1-2-3-4-5-6-7-8-9-10-11-12-13-14(15)16;7-5-1-2-6(8)4-3-5/h2-13H2,1H3,(H,15,16);1-4,7-8H. The SMILES string of the molecule is CCCCCCCCCCCCCC(=O)O.Oc1ccc(O)cc1. The Morgan fingerprint density at radius 3 is 1.38 bits per heavy atom. The van der Waals surface area contributed by atoms with Crippen LogP contribution in [0.15, 0.2) is 24.3 Å². The largest absolute Gasteiger partial charge is 0.508 e. The molecule has 0 saturated carbocycles. The molecule has 0 heterocycles. The third-order valence-corrected chi connectivity index (χ3v) is 3.84. The van der Waals surface area contributed by atoms with Crippen molar-refractivity contribution < 1.29 is 20.1 Å². The van der Waals surface area contributed by atoms with Gasteiger partial charge in [0.2, 0.25) is 0 Å². The van der Waals surface area contributed by atoms with Gasteiger partial charge < -0.3 is 15.3 Å². The summed E-state index contributed by atoms with van der Waals surface area (Å²) in [6, 6.07) is 5.70. The Morgan fingerprint density at radius 1 is 0.708 bits per heavy atom. The molecule has 4 nitrogen and oxygen atoms in total. The quantitative estimate of drug-likeness (QED) is 0.329. The predicted octanol–water partition coefficient (Wildman–Crippen LogP) is 5.87. The lowest BCUT2D eigenvalue weighted by molar-refractivity contribution is -0.137. The number of hydrogen-bond acceptors (Lipinski definition) is 3. The Bertz CT molecular complexity index is 380. The number of carbonyl (C=O) groups is 1. The average Bonchev–Trinajstić information content (AvgIpc) is 2.56. The van der Waals surface area contributed by atoms with Crippen LogP contribution in [0.5, 0.6) is 11.5 Å². The number of unbranched alkanes of at least 4 members (excludes halogenated alkanes) is 10. The van der Waals surface area contributed by atoms with Crippen LogP contribution in [0.4, 0.5) is 0 Å². The van der Waals surface area contributed by atoms with Crippen LogP contribution in [0.25, 0.3) is 0 Å². The molecular weight excluding hydrogens is 304 g/mol. The van der Waals surface area contributed by atoms with Crippen molar-refractivity contribution in [3.8, 4) is 11.5 Å². The first kappa shape index (κ1) is 22.3. The van der Waals surface area contributed by atoms with Gasteiger partial charge in [-0.25, -0.2) is 0 Å². The highest BCUT2D eigenvalue weighted by molar-refractivity contribution is 5.66. The molecule has 0 radical (unpaired) electrons. The second-order valence-electron chi connectivity index (χ2n) is 6.20. The second-order valence-corrected chi connectivity index (χ2v) is 6.20. The van der Waals surface area contributed by atoms with Crippen molar-refractivity contribution in [1.82, 2.24) is 0 Å². The monoisotopic (exact) mass is 338 g/mol. The Balaban J connectivity index is 0.000000546.